The van der Waals surface area contributed by atoms with Crippen LogP contribution in [0.2, 0.25) is 0 Å². The van der Waals surface area contributed by atoms with E-state index < -0.39 is 0 Å². The van der Waals surface area contributed by atoms with Crippen molar-refractivity contribution in [1.29, 1.82) is 0 Å². The summed E-state index contributed by atoms with van der Waals surface area (Å²) in [6.07, 6.45) is 22.1. The van der Waals surface area contributed by atoms with E-state index in [9.17, 15) is 0 Å². The fraction of sp³-hybridized carbons (Fsp3) is 0.0385. The molecule has 0 atom stereocenters. The van der Waals surface area contributed by atoms with Crippen LogP contribution in [0.5, 0.6) is 0 Å². The number of rotatable bonds is 8. The number of pyridine rings is 8. The summed E-state index contributed by atoms with van der Waals surface area (Å²) in [5.74, 6) is 3.22. The monoisotopic (exact) mass is 1010 g/mol. The van der Waals surface area contributed by atoms with Crippen molar-refractivity contribution in [3.8, 4) is 57.2 Å². The topological polar surface area (TPSA) is 173 Å². The molecular formula is C52H42Co2N16-2. The zero-order valence-corrected chi connectivity index (χ0v) is 39.3. The van der Waals surface area contributed by atoms with E-state index in [0.29, 0.717) is 0 Å². The number of aromatic nitrogens is 12. The quantitative estimate of drug-likeness (QED) is 0.141. The van der Waals surface area contributed by atoms with E-state index in [2.05, 4.69) is 60.9 Å². The van der Waals surface area contributed by atoms with Crippen molar-refractivity contribution in [1.82, 2.24) is 59.4 Å². The Bertz CT molecular complexity index is 2930. The molecule has 12 heterocycles. The van der Waals surface area contributed by atoms with Crippen molar-refractivity contribution in [3.63, 3.8) is 0 Å². The van der Waals surface area contributed by atoms with Crippen LogP contribution >= 0.6 is 0 Å². The number of nitrogens with zero attached hydrogens (tertiary/aromatic N) is 16. The molecule has 2 radical (unpaired) electrons. The molecule has 0 N–H and O–H groups in total. The number of anilines is 2. The van der Waals surface area contributed by atoms with Gasteiger partial charge in [-0.3, -0.25) is 19.9 Å². The Balaban J connectivity index is 0.000000136. The fourth-order valence-corrected chi connectivity index (χ4v) is 6.60. The summed E-state index contributed by atoms with van der Waals surface area (Å²) >= 11 is 0. The Kier molecular flexibility index (Phi) is 18.2. The zero-order chi connectivity index (χ0) is 46.0. The Morgan fingerprint density at radius 3 is 0.900 bits per heavy atom. The SMILES string of the molecule is C1=CN(c2cccc(-c3ccccn3)n2)[N-]C1.C1=CN(c2cccc(-c3ccccn3)n2)[N-]C1.[Co].[Co].c1ccc(-c2cccc(-n3cccn3)n2)nc1.c1ccc(-c2cccc(-n3cccn3)n2)nc1. The molecule has 0 aliphatic carbocycles. The molecule has 0 fully saturated rings. The molecule has 350 valence electrons. The van der Waals surface area contributed by atoms with Gasteiger partial charge in [-0.1, -0.05) is 60.7 Å². The van der Waals surface area contributed by atoms with E-state index in [4.69, 9.17) is 0 Å². The summed E-state index contributed by atoms with van der Waals surface area (Å²) in [4.78, 5) is 35.3. The average Bonchev–Trinajstić information content (AvgIpc) is 4.31. The van der Waals surface area contributed by atoms with Crippen LogP contribution in [0.1, 0.15) is 0 Å². The third-order valence-corrected chi connectivity index (χ3v) is 9.77. The van der Waals surface area contributed by atoms with E-state index >= 15 is 0 Å². The Hall–Kier alpha value is -8.37. The first-order valence-electron chi connectivity index (χ1n) is 21.5. The largest absolute Gasteiger partial charge is 0.559 e. The van der Waals surface area contributed by atoms with Gasteiger partial charge in [0.1, 0.15) is 11.6 Å². The van der Waals surface area contributed by atoms with Crippen molar-refractivity contribution < 1.29 is 33.6 Å². The smallest absolute Gasteiger partial charge is 0.154 e. The van der Waals surface area contributed by atoms with Gasteiger partial charge in [-0.25, -0.2) is 29.3 Å². The second kappa shape index (κ2) is 25.7. The standard InChI is InChI=1S/2C13H11N4.2C13H10N4.2Co/c4*1-2-8-14-11(5-1)12-6-3-7-13(16-12)17-10-4-9-15-17;;/h2*1-8,10H,9H2;2*1-10H;;/q2*-1;;;;. The first kappa shape index (κ1) is 49.5. The van der Waals surface area contributed by atoms with Gasteiger partial charge in [0, 0.05) is 83.1 Å². The molecule has 2 aliphatic rings. The third kappa shape index (κ3) is 13.4. The van der Waals surface area contributed by atoms with Gasteiger partial charge in [0.15, 0.2) is 11.6 Å². The minimum atomic E-state index is 0. The molecule has 0 unspecified atom stereocenters. The van der Waals surface area contributed by atoms with Gasteiger partial charge in [-0.15, -0.1) is 13.1 Å². The molecule has 2 aliphatic heterocycles. The number of hydrogen-bond acceptors (Lipinski definition) is 12. The Morgan fingerprint density at radius 2 is 0.629 bits per heavy atom. The average molecular weight is 1010 g/mol. The minimum absolute atomic E-state index is 0. The Morgan fingerprint density at radius 1 is 0.314 bits per heavy atom. The predicted molar refractivity (Wildman–Crippen MR) is 264 cm³/mol. The summed E-state index contributed by atoms with van der Waals surface area (Å²) in [6.45, 7) is 1.44. The van der Waals surface area contributed by atoms with Crippen LogP contribution in [0.3, 0.4) is 0 Å². The van der Waals surface area contributed by atoms with Crippen molar-refractivity contribution in [2.24, 2.45) is 0 Å². The van der Waals surface area contributed by atoms with Crippen LogP contribution < -0.4 is 10.0 Å². The van der Waals surface area contributed by atoms with Crippen LogP contribution in [-0.2, 0) is 33.6 Å². The zero-order valence-electron chi connectivity index (χ0n) is 37.2. The first-order valence-corrected chi connectivity index (χ1v) is 21.5. The van der Waals surface area contributed by atoms with Gasteiger partial charge in [-0.05, 0) is 122 Å². The molecule has 16 nitrogen and oxygen atoms in total. The van der Waals surface area contributed by atoms with E-state index in [1.807, 2.05) is 195 Å². The maximum absolute atomic E-state index is 4.54. The van der Waals surface area contributed by atoms with Crippen molar-refractivity contribution in [2.45, 2.75) is 0 Å². The second-order valence-corrected chi connectivity index (χ2v) is 14.4. The van der Waals surface area contributed by atoms with E-state index in [1.165, 1.54) is 0 Å². The molecule has 0 saturated heterocycles. The fourth-order valence-electron chi connectivity index (χ4n) is 6.60. The molecule has 0 saturated carbocycles. The van der Waals surface area contributed by atoms with Gasteiger partial charge in [-0.2, -0.15) is 10.2 Å². The van der Waals surface area contributed by atoms with Crippen molar-refractivity contribution in [3.05, 3.63) is 243 Å². The summed E-state index contributed by atoms with van der Waals surface area (Å²) < 4.78 is 3.46. The van der Waals surface area contributed by atoms with Gasteiger partial charge in [0.2, 0.25) is 0 Å². The van der Waals surface area contributed by atoms with Gasteiger partial charge < -0.3 is 20.9 Å². The number of hydrogen-bond donors (Lipinski definition) is 0. The minimum Gasteiger partial charge on any atom is -0.559 e. The van der Waals surface area contributed by atoms with Crippen LogP contribution in [0, 0.1) is 0 Å². The van der Waals surface area contributed by atoms with Gasteiger partial charge >= 0.3 is 0 Å². The van der Waals surface area contributed by atoms with Gasteiger partial charge in [0.05, 0.1) is 45.6 Å². The normalized spacial score (nSPS) is 11.9. The molecular weight excluding hydrogens is 967 g/mol. The summed E-state index contributed by atoms with van der Waals surface area (Å²) in [5, 5.41) is 11.9. The van der Waals surface area contributed by atoms with Crippen molar-refractivity contribution >= 4 is 11.6 Å². The molecule has 12 rings (SSSR count). The summed E-state index contributed by atoms with van der Waals surface area (Å²) in [6, 6.07) is 50.2. The maximum Gasteiger partial charge on any atom is 0.154 e. The molecule has 18 heteroatoms. The van der Waals surface area contributed by atoms with Crippen LogP contribution in [0.4, 0.5) is 11.6 Å². The molecule has 0 aromatic carbocycles. The molecule has 10 aromatic rings. The molecule has 0 amide bonds. The molecule has 70 heavy (non-hydrogen) atoms. The molecule has 10 aromatic heterocycles. The maximum atomic E-state index is 4.54. The molecule has 0 spiro atoms. The van der Waals surface area contributed by atoms with E-state index in [1.54, 1.807) is 56.6 Å². The summed E-state index contributed by atoms with van der Waals surface area (Å²) in [7, 11) is 0. The summed E-state index contributed by atoms with van der Waals surface area (Å²) in [5.41, 5.74) is 15.4. The predicted octanol–water partition coefficient (Wildman–Crippen LogP) is 10.2. The second-order valence-electron chi connectivity index (χ2n) is 14.4. The van der Waals surface area contributed by atoms with E-state index in [-0.39, 0.29) is 33.6 Å². The van der Waals surface area contributed by atoms with E-state index in [0.717, 1.165) is 81.9 Å². The molecule has 0 bridgehead atoms. The van der Waals surface area contributed by atoms with Crippen LogP contribution in [0.15, 0.2) is 232 Å². The van der Waals surface area contributed by atoms with Crippen LogP contribution in [0.25, 0.3) is 68.0 Å². The van der Waals surface area contributed by atoms with Crippen LogP contribution in [-0.4, -0.2) is 72.5 Å². The Labute approximate surface area is 425 Å². The van der Waals surface area contributed by atoms with Crippen molar-refractivity contribution in [2.75, 3.05) is 23.1 Å². The van der Waals surface area contributed by atoms with Gasteiger partial charge in [0.25, 0.3) is 0 Å². The third-order valence-electron chi connectivity index (χ3n) is 9.77. The first-order chi connectivity index (χ1) is 33.7.